The first-order chi connectivity index (χ1) is 9.11. The summed E-state index contributed by atoms with van der Waals surface area (Å²) in [5.41, 5.74) is 12.9. The van der Waals surface area contributed by atoms with Crippen LogP contribution in [0.2, 0.25) is 0 Å². The fraction of sp³-hybridized carbons (Fsp3) is 0.533. The van der Waals surface area contributed by atoms with E-state index in [2.05, 4.69) is 11.8 Å². The van der Waals surface area contributed by atoms with Gasteiger partial charge < -0.3 is 11.5 Å². The Morgan fingerprint density at radius 3 is 2.95 bits per heavy atom. The summed E-state index contributed by atoms with van der Waals surface area (Å²) in [6.45, 7) is 4.88. The molecular weight excluding hydrogens is 238 g/mol. The van der Waals surface area contributed by atoms with Crippen molar-refractivity contribution in [1.29, 1.82) is 0 Å². The predicted molar refractivity (Wildman–Crippen MR) is 76.6 cm³/mol. The van der Waals surface area contributed by atoms with Crippen molar-refractivity contribution in [2.24, 2.45) is 17.4 Å². The molecule has 104 valence electrons. The average Bonchev–Trinajstić information content (AvgIpc) is 2.39. The van der Waals surface area contributed by atoms with Crippen LogP contribution in [-0.2, 0) is 6.54 Å². The molecule has 1 heterocycles. The van der Waals surface area contributed by atoms with Gasteiger partial charge in [0.05, 0.1) is 0 Å². The third-order valence-electron chi connectivity index (χ3n) is 4.07. The Balaban J connectivity index is 2.11. The van der Waals surface area contributed by atoms with Crippen molar-refractivity contribution >= 4 is 5.91 Å². The maximum Gasteiger partial charge on any atom is 0.248 e. The summed E-state index contributed by atoms with van der Waals surface area (Å²) < 4.78 is 0. The molecule has 1 amide bonds. The SMILES string of the molecule is CC1CCCN(Cc2cccc(C(N)=O)c2)C1CN. The number of likely N-dealkylation sites (tertiary alicyclic amines) is 1. The van der Waals surface area contributed by atoms with Crippen LogP contribution in [0.1, 0.15) is 35.7 Å². The van der Waals surface area contributed by atoms with Gasteiger partial charge in [-0.25, -0.2) is 0 Å². The van der Waals surface area contributed by atoms with E-state index >= 15 is 0 Å². The average molecular weight is 261 g/mol. The highest BCUT2D eigenvalue weighted by Crippen LogP contribution is 2.24. The largest absolute Gasteiger partial charge is 0.366 e. The first kappa shape index (κ1) is 14.0. The number of primary amides is 1. The maximum absolute atomic E-state index is 11.2. The van der Waals surface area contributed by atoms with Crippen LogP contribution < -0.4 is 11.5 Å². The van der Waals surface area contributed by atoms with Gasteiger partial charge in [0.25, 0.3) is 0 Å². The second-order valence-corrected chi connectivity index (χ2v) is 5.46. The second-order valence-electron chi connectivity index (χ2n) is 5.46. The molecule has 1 aliphatic rings. The molecule has 0 spiro atoms. The molecule has 0 bridgehead atoms. The lowest BCUT2D eigenvalue weighted by atomic mass is 9.90. The summed E-state index contributed by atoms with van der Waals surface area (Å²) in [7, 11) is 0. The maximum atomic E-state index is 11.2. The first-order valence-corrected chi connectivity index (χ1v) is 6.94. The van der Waals surface area contributed by atoms with Crippen LogP contribution >= 0.6 is 0 Å². The smallest absolute Gasteiger partial charge is 0.248 e. The summed E-state index contributed by atoms with van der Waals surface area (Å²) in [6, 6.07) is 8.01. The van der Waals surface area contributed by atoms with Gasteiger partial charge in [-0.15, -0.1) is 0 Å². The summed E-state index contributed by atoms with van der Waals surface area (Å²) in [4.78, 5) is 13.6. The summed E-state index contributed by atoms with van der Waals surface area (Å²) >= 11 is 0. The van der Waals surface area contributed by atoms with Gasteiger partial charge in [0.15, 0.2) is 0 Å². The van der Waals surface area contributed by atoms with Gasteiger partial charge in [-0.05, 0) is 43.0 Å². The summed E-state index contributed by atoms with van der Waals surface area (Å²) in [6.07, 6.45) is 2.47. The minimum absolute atomic E-state index is 0.371. The van der Waals surface area contributed by atoms with E-state index in [0.29, 0.717) is 24.1 Å². The molecule has 1 saturated heterocycles. The molecule has 4 N–H and O–H groups in total. The first-order valence-electron chi connectivity index (χ1n) is 6.94. The summed E-state index contributed by atoms with van der Waals surface area (Å²) in [5, 5.41) is 0. The van der Waals surface area contributed by atoms with E-state index in [4.69, 9.17) is 11.5 Å². The van der Waals surface area contributed by atoms with E-state index in [0.717, 1.165) is 18.7 Å². The van der Waals surface area contributed by atoms with Crippen LogP contribution in [0.4, 0.5) is 0 Å². The van der Waals surface area contributed by atoms with Gasteiger partial charge in [-0.1, -0.05) is 19.1 Å². The number of carbonyl (C=O) groups is 1. The van der Waals surface area contributed by atoms with E-state index in [-0.39, 0.29) is 5.91 Å². The van der Waals surface area contributed by atoms with Crippen molar-refractivity contribution < 1.29 is 4.79 Å². The van der Waals surface area contributed by atoms with Gasteiger partial charge in [0, 0.05) is 24.7 Å². The molecule has 0 saturated carbocycles. The van der Waals surface area contributed by atoms with Crippen molar-refractivity contribution in [1.82, 2.24) is 4.90 Å². The van der Waals surface area contributed by atoms with Crippen molar-refractivity contribution in [3.63, 3.8) is 0 Å². The zero-order valence-corrected chi connectivity index (χ0v) is 11.5. The van der Waals surface area contributed by atoms with Crippen molar-refractivity contribution in [3.8, 4) is 0 Å². The lowest BCUT2D eigenvalue weighted by Crippen LogP contribution is -2.48. The molecular formula is C15H23N3O. The van der Waals surface area contributed by atoms with E-state index in [9.17, 15) is 4.79 Å². The third kappa shape index (κ3) is 3.33. The van der Waals surface area contributed by atoms with Gasteiger partial charge in [0.1, 0.15) is 0 Å². The molecule has 1 fully saturated rings. The molecule has 2 unspecified atom stereocenters. The van der Waals surface area contributed by atoms with E-state index < -0.39 is 0 Å². The molecule has 1 aromatic carbocycles. The van der Waals surface area contributed by atoms with Gasteiger partial charge in [-0.3, -0.25) is 9.69 Å². The quantitative estimate of drug-likeness (QED) is 0.859. The molecule has 0 radical (unpaired) electrons. The number of nitrogens with zero attached hydrogens (tertiary/aromatic N) is 1. The van der Waals surface area contributed by atoms with Crippen molar-refractivity contribution in [2.45, 2.75) is 32.4 Å². The lowest BCUT2D eigenvalue weighted by Gasteiger charge is -2.39. The van der Waals surface area contributed by atoms with E-state index in [1.54, 1.807) is 6.07 Å². The fourth-order valence-electron chi connectivity index (χ4n) is 2.97. The molecule has 4 nitrogen and oxygen atoms in total. The Morgan fingerprint density at radius 1 is 1.47 bits per heavy atom. The van der Waals surface area contributed by atoms with Crippen LogP contribution in [0, 0.1) is 5.92 Å². The zero-order chi connectivity index (χ0) is 13.8. The topological polar surface area (TPSA) is 72.3 Å². The van der Waals surface area contributed by atoms with Crippen LogP contribution in [0.15, 0.2) is 24.3 Å². The minimum Gasteiger partial charge on any atom is -0.366 e. The standard InChI is InChI=1S/C15H23N3O/c1-11-4-3-7-18(14(11)9-16)10-12-5-2-6-13(8-12)15(17)19/h2,5-6,8,11,14H,3-4,7,9-10,16H2,1H3,(H2,17,19). The number of benzene rings is 1. The molecule has 19 heavy (non-hydrogen) atoms. The highest BCUT2D eigenvalue weighted by Gasteiger charge is 2.27. The molecule has 2 rings (SSSR count). The molecule has 0 aliphatic carbocycles. The molecule has 0 aromatic heterocycles. The number of amides is 1. The van der Waals surface area contributed by atoms with Crippen LogP contribution in [0.5, 0.6) is 0 Å². The highest BCUT2D eigenvalue weighted by atomic mass is 16.1. The Labute approximate surface area is 114 Å². The number of nitrogens with two attached hydrogens (primary N) is 2. The van der Waals surface area contributed by atoms with Gasteiger partial charge in [-0.2, -0.15) is 0 Å². The minimum atomic E-state index is -0.371. The second kappa shape index (κ2) is 6.17. The number of hydrogen-bond donors (Lipinski definition) is 2. The zero-order valence-electron chi connectivity index (χ0n) is 11.5. The highest BCUT2D eigenvalue weighted by molar-refractivity contribution is 5.92. The molecule has 4 heteroatoms. The Kier molecular flexibility index (Phi) is 4.56. The lowest BCUT2D eigenvalue weighted by molar-refractivity contribution is 0.0982. The Bertz CT molecular complexity index is 447. The number of piperidine rings is 1. The summed E-state index contributed by atoms with van der Waals surface area (Å²) in [5.74, 6) is 0.266. The third-order valence-corrected chi connectivity index (χ3v) is 4.07. The number of hydrogen-bond acceptors (Lipinski definition) is 3. The monoisotopic (exact) mass is 261 g/mol. The Morgan fingerprint density at radius 2 is 2.26 bits per heavy atom. The Hall–Kier alpha value is -1.39. The fourth-order valence-corrected chi connectivity index (χ4v) is 2.97. The van der Waals surface area contributed by atoms with Crippen molar-refractivity contribution in [2.75, 3.05) is 13.1 Å². The van der Waals surface area contributed by atoms with Crippen LogP contribution in [0.25, 0.3) is 0 Å². The predicted octanol–water partition coefficient (Wildman–Crippen LogP) is 1.34. The van der Waals surface area contributed by atoms with Gasteiger partial charge >= 0.3 is 0 Å². The van der Waals surface area contributed by atoms with E-state index in [1.165, 1.54) is 12.8 Å². The number of rotatable bonds is 4. The van der Waals surface area contributed by atoms with Gasteiger partial charge in [0.2, 0.25) is 5.91 Å². The number of carbonyl (C=O) groups excluding carboxylic acids is 1. The molecule has 1 aliphatic heterocycles. The van der Waals surface area contributed by atoms with Crippen LogP contribution in [-0.4, -0.2) is 29.9 Å². The molecule has 1 aromatic rings. The molecule has 2 atom stereocenters. The van der Waals surface area contributed by atoms with Crippen molar-refractivity contribution in [3.05, 3.63) is 35.4 Å². The normalized spacial score (nSPS) is 24.3. The van der Waals surface area contributed by atoms with Crippen LogP contribution in [0.3, 0.4) is 0 Å². The van der Waals surface area contributed by atoms with E-state index in [1.807, 2.05) is 18.2 Å².